The summed E-state index contributed by atoms with van der Waals surface area (Å²) in [7, 11) is 3.13. The van der Waals surface area contributed by atoms with Crippen molar-refractivity contribution in [3.05, 3.63) is 12.2 Å². The lowest BCUT2D eigenvalue weighted by molar-refractivity contribution is -0.417. The van der Waals surface area contributed by atoms with Gasteiger partial charge in [0.1, 0.15) is 22.6 Å². The molecule has 1 fully saturated rings. The number of ketones is 1. The van der Waals surface area contributed by atoms with E-state index in [0.717, 1.165) is 18.4 Å². The molecule has 0 amide bonds. The van der Waals surface area contributed by atoms with E-state index in [9.17, 15) is 20.1 Å². The Labute approximate surface area is 219 Å². The minimum absolute atomic E-state index is 0.108. The Morgan fingerprint density at radius 2 is 1.44 bits per heavy atom. The van der Waals surface area contributed by atoms with Crippen LogP contribution in [0.5, 0.6) is 0 Å². The molecule has 0 radical (unpaired) electrons. The minimum Gasteiger partial charge on any atom is -0.393 e. The van der Waals surface area contributed by atoms with Gasteiger partial charge in [-0.2, -0.15) is 0 Å². The summed E-state index contributed by atoms with van der Waals surface area (Å²) in [5, 5.41) is 30.9. The molecule has 0 aromatic rings. The highest BCUT2D eigenvalue weighted by molar-refractivity contribution is 5.81. The Hall–Kier alpha value is -0.870. The van der Waals surface area contributed by atoms with Crippen molar-refractivity contribution >= 4 is 5.78 Å². The number of hydrogen-bond donors (Lipinski definition) is 4. The van der Waals surface area contributed by atoms with E-state index in [1.54, 1.807) is 27.9 Å². The van der Waals surface area contributed by atoms with Gasteiger partial charge in [0.15, 0.2) is 5.79 Å². The van der Waals surface area contributed by atoms with Crippen molar-refractivity contribution in [3.8, 4) is 0 Å². The highest BCUT2D eigenvalue weighted by atomic mass is 16.7. The number of nitrogens with two attached hydrogens (primary N) is 1. The van der Waals surface area contributed by atoms with Crippen molar-refractivity contribution < 1.29 is 34.3 Å². The first-order chi connectivity index (χ1) is 15.8. The van der Waals surface area contributed by atoms with E-state index in [1.807, 2.05) is 20.8 Å². The monoisotopic (exact) mass is 517 g/mol. The SMILES string of the molecule is C=C(C)C(C)(OC)C(C)(CC)CC(C)(C)C(C)=O.COC1(C)OC(C)(CO)C(C)(O)C(C)(O)C1(C)N. The van der Waals surface area contributed by atoms with Gasteiger partial charge in [0.2, 0.25) is 0 Å². The van der Waals surface area contributed by atoms with Gasteiger partial charge in [-0.05, 0) is 73.8 Å². The van der Waals surface area contributed by atoms with Gasteiger partial charge in [-0.15, -0.1) is 0 Å². The van der Waals surface area contributed by atoms with Crippen LogP contribution >= 0.6 is 0 Å². The predicted molar refractivity (Wildman–Crippen MR) is 144 cm³/mol. The summed E-state index contributed by atoms with van der Waals surface area (Å²) in [6.45, 7) is 25.1. The summed E-state index contributed by atoms with van der Waals surface area (Å²) < 4.78 is 16.8. The summed E-state index contributed by atoms with van der Waals surface area (Å²) in [5.74, 6) is -1.13. The number of rotatable bonds is 9. The quantitative estimate of drug-likeness (QED) is 0.340. The molecule has 1 aliphatic heterocycles. The second-order valence-electron chi connectivity index (χ2n) is 12.5. The van der Waals surface area contributed by atoms with E-state index in [0.29, 0.717) is 0 Å². The summed E-state index contributed by atoms with van der Waals surface area (Å²) in [5.41, 5.74) is 0.0385. The Kier molecular flexibility index (Phi) is 10.5. The summed E-state index contributed by atoms with van der Waals surface area (Å²) in [6.07, 6.45) is 1.74. The molecule has 0 aromatic heterocycles. The molecule has 5 N–H and O–H groups in total. The number of ether oxygens (including phenoxy) is 3. The van der Waals surface area contributed by atoms with Gasteiger partial charge in [0, 0.05) is 25.0 Å². The molecule has 36 heavy (non-hydrogen) atoms. The van der Waals surface area contributed by atoms with Crippen molar-refractivity contribution in [1.82, 2.24) is 0 Å². The molecule has 1 rings (SSSR count). The van der Waals surface area contributed by atoms with Gasteiger partial charge in [-0.1, -0.05) is 34.3 Å². The fourth-order valence-corrected chi connectivity index (χ4v) is 5.20. The average molecular weight is 518 g/mol. The van der Waals surface area contributed by atoms with Crippen LogP contribution < -0.4 is 5.73 Å². The van der Waals surface area contributed by atoms with Crippen molar-refractivity contribution in [2.75, 3.05) is 20.8 Å². The third-order valence-electron chi connectivity index (χ3n) is 9.98. The van der Waals surface area contributed by atoms with Crippen molar-refractivity contribution in [3.63, 3.8) is 0 Å². The highest BCUT2D eigenvalue weighted by Crippen LogP contribution is 2.52. The predicted octanol–water partition coefficient (Wildman–Crippen LogP) is 3.74. The molecule has 7 atom stereocenters. The normalized spacial score (nSPS) is 38.3. The van der Waals surface area contributed by atoms with Crippen LogP contribution in [0, 0.1) is 10.8 Å². The van der Waals surface area contributed by atoms with Crippen LogP contribution in [0.15, 0.2) is 12.2 Å². The van der Waals surface area contributed by atoms with E-state index in [1.165, 1.54) is 27.9 Å². The molecular formula is C28H55NO7. The molecule has 0 bridgehead atoms. The number of Topliss-reactive ketones (excluding diaryl/α,β-unsaturated/α-hetero) is 1. The van der Waals surface area contributed by atoms with E-state index in [-0.39, 0.29) is 16.6 Å². The first-order valence-electron chi connectivity index (χ1n) is 12.6. The van der Waals surface area contributed by atoms with E-state index in [4.69, 9.17) is 19.9 Å². The molecule has 8 heteroatoms. The molecule has 0 aliphatic carbocycles. The smallest absolute Gasteiger partial charge is 0.186 e. The lowest BCUT2D eigenvalue weighted by Crippen LogP contribution is -2.87. The zero-order chi connectivity index (χ0) is 29.4. The highest BCUT2D eigenvalue weighted by Gasteiger charge is 2.73. The van der Waals surface area contributed by atoms with Crippen LogP contribution in [0.1, 0.15) is 95.9 Å². The van der Waals surface area contributed by atoms with Crippen molar-refractivity contribution in [2.24, 2.45) is 16.6 Å². The standard InChI is InChI=1S/C16H30O2.C12H25NO5/c1-10-15(7,11-14(5,6)13(4)17)16(8,18-9)12(2)3;1-8(7-14)10(3,15)11(4,16)9(2,13)12(5,17-6)18-8/h2,10-11H2,1,3-9H3;14-16H,7,13H2,1-6H3. The van der Waals surface area contributed by atoms with Crippen LogP contribution in [0.2, 0.25) is 0 Å². The lowest BCUT2D eigenvalue weighted by Gasteiger charge is -2.65. The second kappa shape index (κ2) is 10.7. The van der Waals surface area contributed by atoms with Gasteiger partial charge < -0.3 is 35.3 Å². The molecule has 0 aromatic carbocycles. The number of methoxy groups -OCH3 is 2. The first-order valence-corrected chi connectivity index (χ1v) is 12.6. The minimum atomic E-state index is -1.75. The molecule has 1 aliphatic rings. The third kappa shape index (κ3) is 5.33. The van der Waals surface area contributed by atoms with Gasteiger partial charge in [0.25, 0.3) is 0 Å². The van der Waals surface area contributed by atoms with Crippen LogP contribution in [0.3, 0.4) is 0 Å². The van der Waals surface area contributed by atoms with Crippen molar-refractivity contribution in [2.45, 2.75) is 130 Å². The van der Waals surface area contributed by atoms with Crippen LogP contribution in [0.4, 0.5) is 0 Å². The van der Waals surface area contributed by atoms with Gasteiger partial charge >= 0.3 is 0 Å². The maximum absolute atomic E-state index is 11.8. The number of aliphatic hydroxyl groups is 3. The van der Waals surface area contributed by atoms with Gasteiger partial charge in [-0.25, -0.2) is 0 Å². The zero-order valence-electron chi connectivity index (χ0n) is 25.4. The molecule has 7 unspecified atom stereocenters. The summed E-state index contributed by atoms with van der Waals surface area (Å²) >= 11 is 0. The lowest BCUT2D eigenvalue weighted by atomic mass is 9.60. The molecule has 1 heterocycles. The Morgan fingerprint density at radius 1 is 1.00 bits per heavy atom. The molecule has 0 saturated carbocycles. The third-order valence-corrected chi connectivity index (χ3v) is 9.98. The van der Waals surface area contributed by atoms with Crippen LogP contribution in [-0.2, 0) is 19.0 Å². The van der Waals surface area contributed by atoms with Gasteiger partial charge in [-0.3, -0.25) is 4.79 Å². The van der Waals surface area contributed by atoms with Crippen molar-refractivity contribution in [1.29, 1.82) is 0 Å². The fourth-order valence-electron chi connectivity index (χ4n) is 5.20. The van der Waals surface area contributed by atoms with E-state index in [2.05, 4.69) is 27.4 Å². The van der Waals surface area contributed by atoms with Crippen LogP contribution in [0.25, 0.3) is 0 Å². The Morgan fingerprint density at radius 3 is 1.72 bits per heavy atom. The summed E-state index contributed by atoms with van der Waals surface area (Å²) in [4.78, 5) is 11.8. The maximum atomic E-state index is 11.8. The molecular weight excluding hydrogens is 462 g/mol. The zero-order valence-corrected chi connectivity index (χ0v) is 25.4. The topological polar surface area (TPSA) is 131 Å². The molecule has 1 saturated heterocycles. The fraction of sp³-hybridized carbons (Fsp3) is 0.893. The van der Waals surface area contributed by atoms with Gasteiger partial charge in [0.05, 0.1) is 17.7 Å². The van der Waals surface area contributed by atoms with E-state index < -0.39 is 40.3 Å². The largest absolute Gasteiger partial charge is 0.393 e. The number of hydrogen-bond acceptors (Lipinski definition) is 8. The Balaban J connectivity index is 0.000000681. The molecule has 214 valence electrons. The van der Waals surface area contributed by atoms with Crippen LogP contribution in [-0.4, -0.2) is 75.7 Å². The maximum Gasteiger partial charge on any atom is 0.186 e. The first kappa shape index (κ1) is 35.1. The number of carbonyl (C=O) groups excluding carboxylic acids is 1. The average Bonchev–Trinajstić information content (AvgIpc) is 2.76. The van der Waals surface area contributed by atoms with E-state index >= 15 is 0 Å². The number of carbonyl (C=O) groups is 1. The second-order valence-corrected chi connectivity index (χ2v) is 12.5. The molecule has 0 spiro atoms. The molecule has 8 nitrogen and oxygen atoms in total. The number of aliphatic hydroxyl groups excluding tert-OH is 1. The Bertz CT molecular complexity index is 776. The summed E-state index contributed by atoms with van der Waals surface area (Å²) in [6, 6.07) is 0.